The van der Waals surface area contributed by atoms with Crippen molar-refractivity contribution in [2.24, 2.45) is 0 Å². The maximum atomic E-state index is 13.0. The molecule has 0 spiro atoms. The monoisotopic (exact) mass is 420 g/mol. The summed E-state index contributed by atoms with van der Waals surface area (Å²) in [7, 11) is -3.71. The average molecular weight is 420 g/mol. The van der Waals surface area contributed by atoms with Crippen molar-refractivity contribution in [3.05, 3.63) is 29.9 Å². The molecule has 0 bridgehead atoms. The van der Waals surface area contributed by atoms with Crippen LogP contribution in [0.5, 0.6) is 5.75 Å². The molecule has 1 aromatic carbocycles. The van der Waals surface area contributed by atoms with Crippen molar-refractivity contribution in [2.45, 2.75) is 62.9 Å². The number of carbonyl (C=O) groups is 1. The summed E-state index contributed by atoms with van der Waals surface area (Å²) in [6.07, 6.45) is 6.02. The van der Waals surface area contributed by atoms with Crippen LogP contribution in [0.2, 0.25) is 0 Å². The van der Waals surface area contributed by atoms with Crippen molar-refractivity contribution in [3.63, 3.8) is 0 Å². The molecule has 0 unspecified atom stereocenters. The molecule has 1 N–H and O–H groups in total. The van der Waals surface area contributed by atoms with E-state index in [2.05, 4.69) is 14.9 Å². The second-order valence-electron chi connectivity index (χ2n) is 7.44. The molecule has 2 heterocycles. The van der Waals surface area contributed by atoms with E-state index in [1.54, 1.807) is 13.0 Å². The van der Waals surface area contributed by atoms with Gasteiger partial charge in [-0.25, -0.2) is 13.1 Å². The number of sulfonamides is 1. The number of hydrogen-bond acceptors (Lipinski definition) is 7. The Hall–Kier alpha value is -2.46. The molecular formula is C19H24N4O5S. The predicted molar refractivity (Wildman–Crippen MR) is 104 cm³/mol. The normalized spacial score (nSPS) is 18.2. The van der Waals surface area contributed by atoms with Crippen molar-refractivity contribution < 1.29 is 22.5 Å². The molecule has 1 saturated carbocycles. The highest BCUT2D eigenvalue weighted by Gasteiger charge is 2.30. The minimum Gasteiger partial charge on any atom is -0.482 e. The molecule has 1 aliphatic heterocycles. The van der Waals surface area contributed by atoms with E-state index >= 15 is 0 Å². The lowest BCUT2D eigenvalue weighted by atomic mass is 10.1. The molecule has 1 aromatic heterocycles. The maximum Gasteiger partial charge on any atom is 0.265 e. The Morgan fingerprint density at radius 2 is 1.97 bits per heavy atom. The minimum absolute atomic E-state index is 0.0603. The number of carbonyl (C=O) groups excluding carboxylic acids is 1. The smallest absolute Gasteiger partial charge is 0.265 e. The van der Waals surface area contributed by atoms with Gasteiger partial charge in [-0.05, 0) is 31.0 Å². The second-order valence-corrected chi connectivity index (χ2v) is 9.15. The summed E-state index contributed by atoms with van der Waals surface area (Å²) < 4.78 is 39.2. The number of nitrogens with one attached hydrogen (secondary N) is 1. The molecule has 29 heavy (non-hydrogen) atoms. The minimum atomic E-state index is -3.71. The van der Waals surface area contributed by atoms with Crippen LogP contribution in [-0.2, 0) is 21.4 Å². The van der Waals surface area contributed by atoms with Crippen LogP contribution in [0.1, 0.15) is 50.2 Å². The van der Waals surface area contributed by atoms with Gasteiger partial charge in [0.15, 0.2) is 12.4 Å². The average Bonchev–Trinajstić information content (AvgIpc) is 2.94. The quantitative estimate of drug-likeness (QED) is 0.738. The number of aromatic nitrogens is 2. The SMILES string of the molecule is Cc1nc(CN2C(=O)COc3ccc(S(=O)(=O)NC4CCCCCC4)cc32)no1. The highest BCUT2D eigenvalue weighted by molar-refractivity contribution is 7.89. The molecule has 156 valence electrons. The zero-order chi connectivity index (χ0) is 20.4. The van der Waals surface area contributed by atoms with Crippen LogP contribution in [0.4, 0.5) is 5.69 Å². The Morgan fingerprint density at radius 3 is 2.66 bits per heavy atom. The lowest BCUT2D eigenvalue weighted by Crippen LogP contribution is -2.39. The van der Waals surface area contributed by atoms with E-state index < -0.39 is 10.0 Å². The number of ether oxygens (including phenoxy) is 1. The first-order chi connectivity index (χ1) is 13.9. The van der Waals surface area contributed by atoms with Crippen molar-refractivity contribution >= 4 is 21.6 Å². The summed E-state index contributed by atoms with van der Waals surface area (Å²) in [5.74, 6) is 0.878. The van der Waals surface area contributed by atoms with Gasteiger partial charge in [0.1, 0.15) is 5.75 Å². The number of fused-ring (bicyclic) bond motifs is 1. The molecule has 9 nitrogen and oxygen atoms in total. The third-order valence-corrected chi connectivity index (χ3v) is 6.75. The van der Waals surface area contributed by atoms with Crippen LogP contribution in [-0.4, -0.2) is 37.1 Å². The van der Waals surface area contributed by atoms with E-state index in [9.17, 15) is 13.2 Å². The summed E-state index contributed by atoms with van der Waals surface area (Å²) in [5.41, 5.74) is 0.382. The van der Waals surface area contributed by atoms with Gasteiger partial charge in [-0.2, -0.15) is 4.98 Å². The van der Waals surface area contributed by atoms with E-state index in [0.29, 0.717) is 23.2 Å². The molecule has 0 radical (unpaired) electrons. The number of benzene rings is 1. The van der Waals surface area contributed by atoms with Crippen LogP contribution >= 0.6 is 0 Å². The third-order valence-electron chi connectivity index (χ3n) is 5.23. The van der Waals surface area contributed by atoms with Gasteiger partial charge in [0.25, 0.3) is 5.91 Å². The molecule has 2 aliphatic rings. The number of anilines is 1. The van der Waals surface area contributed by atoms with E-state index in [1.807, 2.05) is 0 Å². The standard InChI is InChI=1S/C19H24N4O5S/c1-13-20-18(21-28-13)11-23-16-10-15(8-9-17(16)27-12-19(23)24)29(25,26)22-14-6-4-2-3-5-7-14/h8-10,14,22H,2-7,11-12H2,1H3. The zero-order valence-corrected chi connectivity index (χ0v) is 17.1. The Morgan fingerprint density at radius 1 is 1.21 bits per heavy atom. The fourth-order valence-corrected chi connectivity index (χ4v) is 5.08. The number of rotatable bonds is 5. The Balaban J connectivity index is 1.61. The molecule has 10 heteroatoms. The first kappa shape index (κ1) is 19.8. The summed E-state index contributed by atoms with van der Waals surface area (Å²) in [6, 6.07) is 4.50. The number of hydrogen-bond donors (Lipinski definition) is 1. The van der Waals surface area contributed by atoms with Gasteiger partial charge in [-0.15, -0.1) is 0 Å². The zero-order valence-electron chi connectivity index (χ0n) is 16.3. The topological polar surface area (TPSA) is 115 Å². The van der Waals surface area contributed by atoms with Gasteiger partial charge in [-0.1, -0.05) is 30.8 Å². The predicted octanol–water partition coefficient (Wildman–Crippen LogP) is 2.30. The molecule has 1 amide bonds. The van der Waals surface area contributed by atoms with Crippen molar-refractivity contribution in [2.75, 3.05) is 11.5 Å². The summed E-state index contributed by atoms with van der Waals surface area (Å²) in [5, 5.41) is 3.82. The van der Waals surface area contributed by atoms with Gasteiger partial charge in [-0.3, -0.25) is 9.69 Å². The highest BCUT2D eigenvalue weighted by Crippen LogP contribution is 2.35. The van der Waals surface area contributed by atoms with E-state index in [1.165, 1.54) is 17.0 Å². The fourth-order valence-electron chi connectivity index (χ4n) is 3.75. The largest absolute Gasteiger partial charge is 0.482 e. The second kappa shape index (κ2) is 8.11. The van der Waals surface area contributed by atoms with Crippen molar-refractivity contribution in [3.8, 4) is 5.75 Å². The van der Waals surface area contributed by atoms with Crippen LogP contribution in [0, 0.1) is 6.92 Å². The molecule has 0 saturated heterocycles. The van der Waals surface area contributed by atoms with Gasteiger partial charge < -0.3 is 9.26 Å². The molecular weight excluding hydrogens is 396 g/mol. The van der Waals surface area contributed by atoms with Gasteiger partial charge in [0.05, 0.1) is 17.1 Å². The summed E-state index contributed by atoms with van der Waals surface area (Å²) >= 11 is 0. The molecule has 1 fully saturated rings. The maximum absolute atomic E-state index is 13.0. The van der Waals surface area contributed by atoms with Crippen molar-refractivity contribution in [1.82, 2.24) is 14.9 Å². The summed E-state index contributed by atoms with van der Waals surface area (Å²) in [4.78, 5) is 18.1. The van der Waals surface area contributed by atoms with Gasteiger partial charge in [0, 0.05) is 13.0 Å². The Labute approximate surface area is 169 Å². The summed E-state index contributed by atoms with van der Waals surface area (Å²) in [6.45, 7) is 1.61. The van der Waals surface area contributed by atoms with E-state index in [-0.39, 0.29) is 30.0 Å². The molecule has 0 atom stereocenters. The van der Waals surface area contributed by atoms with Gasteiger partial charge in [0.2, 0.25) is 15.9 Å². The Bertz CT molecular complexity index is 996. The third kappa shape index (κ3) is 4.43. The van der Waals surface area contributed by atoms with Crippen LogP contribution in [0.15, 0.2) is 27.6 Å². The molecule has 1 aliphatic carbocycles. The first-order valence-electron chi connectivity index (χ1n) is 9.81. The molecule has 2 aromatic rings. The number of aryl methyl sites for hydroxylation is 1. The highest BCUT2D eigenvalue weighted by atomic mass is 32.2. The van der Waals surface area contributed by atoms with Crippen LogP contribution in [0.25, 0.3) is 0 Å². The lowest BCUT2D eigenvalue weighted by molar-refractivity contribution is -0.121. The Kier molecular flexibility index (Phi) is 5.55. The number of amides is 1. The van der Waals surface area contributed by atoms with E-state index in [0.717, 1.165) is 38.5 Å². The van der Waals surface area contributed by atoms with Crippen molar-refractivity contribution in [1.29, 1.82) is 0 Å². The van der Waals surface area contributed by atoms with E-state index in [4.69, 9.17) is 9.26 Å². The molecule has 4 rings (SSSR count). The fraction of sp³-hybridized carbons (Fsp3) is 0.526. The lowest BCUT2D eigenvalue weighted by Gasteiger charge is -2.29. The number of nitrogens with zero attached hydrogens (tertiary/aromatic N) is 3. The van der Waals surface area contributed by atoms with Crippen LogP contribution < -0.4 is 14.4 Å². The van der Waals surface area contributed by atoms with Gasteiger partial charge >= 0.3 is 0 Å². The first-order valence-corrected chi connectivity index (χ1v) is 11.3. The van der Waals surface area contributed by atoms with Crippen LogP contribution in [0.3, 0.4) is 0 Å².